The van der Waals surface area contributed by atoms with E-state index in [9.17, 15) is 4.79 Å². The highest BCUT2D eigenvalue weighted by Crippen LogP contribution is 2.33. The van der Waals surface area contributed by atoms with E-state index in [0.717, 1.165) is 35.5 Å². The number of aromatic nitrogens is 1. The molecule has 0 bridgehead atoms. The highest BCUT2D eigenvalue weighted by atomic mass is 32.1. The van der Waals surface area contributed by atoms with Gasteiger partial charge in [0.2, 0.25) is 5.91 Å². The van der Waals surface area contributed by atoms with Crippen LogP contribution >= 0.6 is 11.3 Å². The maximum atomic E-state index is 12.3. The monoisotopic (exact) mass is 349 g/mol. The average Bonchev–Trinajstić information content (AvgIpc) is 2.98. The molecule has 1 aromatic rings. The molecule has 24 heavy (non-hydrogen) atoms. The molecule has 0 saturated carbocycles. The van der Waals surface area contributed by atoms with Gasteiger partial charge in [-0.25, -0.2) is 4.98 Å². The van der Waals surface area contributed by atoms with E-state index in [4.69, 9.17) is 0 Å². The van der Waals surface area contributed by atoms with Gasteiger partial charge in [0.1, 0.15) is 0 Å². The number of carbonyl (C=O) groups excluding carboxylic acids is 1. The van der Waals surface area contributed by atoms with Crippen molar-refractivity contribution in [3.8, 4) is 0 Å². The SMILES string of the molecule is CCc1nc(C)sc1CNC(=O)CC[C@@H]1CCCN2CCCC[C@H]12. The summed E-state index contributed by atoms with van der Waals surface area (Å²) in [5.41, 5.74) is 1.14. The molecular formula is C19H31N3OS. The molecule has 0 unspecified atom stereocenters. The lowest BCUT2D eigenvalue weighted by atomic mass is 9.81. The van der Waals surface area contributed by atoms with Crippen molar-refractivity contribution < 1.29 is 4.79 Å². The summed E-state index contributed by atoms with van der Waals surface area (Å²) in [4.78, 5) is 20.7. The minimum Gasteiger partial charge on any atom is -0.351 e. The van der Waals surface area contributed by atoms with Crippen molar-refractivity contribution in [2.75, 3.05) is 13.1 Å². The van der Waals surface area contributed by atoms with E-state index >= 15 is 0 Å². The summed E-state index contributed by atoms with van der Waals surface area (Å²) >= 11 is 1.71. The molecule has 2 fully saturated rings. The van der Waals surface area contributed by atoms with E-state index in [1.807, 2.05) is 6.92 Å². The summed E-state index contributed by atoms with van der Waals surface area (Å²) in [5.74, 6) is 0.928. The highest BCUT2D eigenvalue weighted by Gasteiger charge is 2.32. The van der Waals surface area contributed by atoms with Crippen molar-refractivity contribution in [3.63, 3.8) is 0 Å². The van der Waals surface area contributed by atoms with Crippen LogP contribution in [-0.2, 0) is 17.8 Å². The molecule has 2 saturated heterocycles. The van der Waals surface area contributed by atoms with Crippen LogP contribution in [-0.4, -0.2) is 34.9 Å². The van der Waals surface area contributed by atoms with Crippen LogP contribution in [0.3, 0.4) is 0 Å². The first kappa shape index (κ1) is 17.9. The predicted molar refractivity (Wildman–Crippen MR) is 99.2 cm³/mol. The third-order valence-corrected chi connectivity index (χ3v) is 6.65. The largest absolute Gasteiger partial charge is 0.351 e. The minimum absolute atomic E-state index is 0.205. The number of hydrogen-bond donors (Lipinski definition) is 1. The molecule has 3 rings (SSSR count). The fourth-order valence-corrected chi connectivity index (χ4v) is 5.39. The molecule has 2 aliphatic heterocycles. The molecule has 2 aliphatic rings. The Morgan fingerprint density at radius 2 is 2.12 bits per heavy atom. The Morgan fingerprint density at radius 3 is 2.96 bits per heavy atom. The van der Waals surface area contributed by atoms with Crippen molar-refractivity contribution >= 4 is 17.2 Å². The number of aryl methyl sites for hydroxylation is 2. The van der Waals surface area contributed by atoms with Gasteiger partial charge in [0.05, 0.1) is 17.2 Å². The number of thiazole rings is 1. The smallest absolute Gasteiger partial charge is 0.220 e. The Hall–Kier alpha value is -0.940. The van der Waals surface area contributed by atoms with Crippen LogP contribution in [0.2, 0.25) is 0 Å². The van der Waals surface area contributed by atoms with E-state index in [2.05, 4.69) is 22.1 Å². The molecule has 0 aliphatic carbocycles. The number of amides is 1. The second-order valence-corrected chi connectivity index (χ2v) is 8.56. The molecule has 0 spiro atoms. The standard InChI is InChI=1S/C19H31N3OS/c1-3-16-18(24-14(2)21-16)13-20-19(23)10-9-15-7-6-12-22-11-5-4-8-17(15)22/h15,17H,3-13H2,1-2H3,(H,20,23)/t15-,17+/m0/s1. The van der Waals surface area contributed by atoms with Crippen LogP contribution in [0.4, 0.5) is 0 Å². The van der Waals surface area contributed by atoms with E-state index < -0.39 is 0 Å². The first-order valence-electron chi connectivity index (χ1n) is 9.63. The fourth-order valence-electron chi connectivity index (χ4n) is 4.42. The number of carbonyl (C=O) groups is 1. The zero-order valence-corrected chi connectivity index (χ0v) is 16.0. The predicted octanol–water partition coefficient (Wildman–Crippen LogP) is 3.67. The molecule has 0 aromatic carbocycles. The van der Waals surface area contributed by atoms with Crippen molar-refractivity contribution in [2.24, 2.45) is 5.92 Å². The van der Waals surface area contributed by atoms with Crippen molar-refractivity contribution in [3.05, 3.63) is 15.6 Å². The van der Waals surface area contributed by atoms with Gasteiger partial charge in [0.15, 0.2) is 0 Å². The minimum atomic E-state index is 0.205. The fraction of sp³-hybridized carbons (Fsp3) is 0.789. The van der Waals surface area contributed by atoms with E-state index in [1.165, 1.54) is 50.1 Å². The van der Waals surface area contributed by atoms with Gasteiger partial charge < -0.3 is 10.2 Å². The van der Waals surface area contributed by atoms with Crippen LogP contribution in [0.15, 0.2) is 0 Å². The Kier molecular flexibility index (Phi) is 6.28. The van der Waals surface area contributed by atoms with Crippen LogP contribution in [0.1, 0.15) is 67.4 Å². The van der Waals surface area contributed by atoms with Gasteiger partial charge in [-0.1, -0.05) is 13.3 Å². The third kappa shape index (κ3) is 4.37. The van der Waals surface area contributed by atoms with E-state index in [1.54, 1.807) is 11.3 Å². The van der Waals surface area contributed by atoms with Gasteiger partial charge >= 0.3 is 0 Å². The number of nitrogens with zero attached hydrogens (tertiary/aromatic N) is 2. The number of rotatable bonds is 6. The molecule has 3 heterocycles. The second-order valence-electron chi connectivity index (χ2n) is 7.27. The summed E-state index contributed by atoms with van der Waals surface area (Å²) in [5, 5.41) is 4.21. The first-order valence-corrected chi connectivity index (χ1v) is 10.4. The highest BCUT2D eigenvalue weighted by molar-refractivity contribution is 7.11. The van der Waals surface area contributed by atoms with Gasteiger partial charge in [-0.15, -0.1) is 11.3 Å². The lowest BCUT2D eigenvalue weighted by Crippen LogP contribution is -2.48. The van der Waals surface area contributed by atoms with Gasteiger partial charge in [-0.05, 0) is 64.5 Å². The van der Waals surface area contributed by atoms with Crippen molar-refractivity contribution in [1.82, 2.24) is 15.2 Å². The maximum Gasteiger partial charge on any atom is 0.220 e. The average molecular weight is 350 g/mol. The summed E-state index contributed by atoms with van der Waals surface area (Å²) in [6.45, 7) is 7.36. The lowest BCUT2D eigenvalue weighted by Gasteiger charge is -2.44. The zero-order chi connectivity index (χ0) is 16.9. The number of nitrogens with one attached hydrogen (secondary N) is 1. The third-order valence-electron chi connectivity index (χ3n) is 5.64. The second kappa shape index (κ2) is 8.43. The maximum absolute atomic E-state index is 12.3. The Morgan fingerprint density at radius 1 is 1.29 bits per heavy atom. The lowest BCUT2D eigenvalue weighted by molar-refractivity contribution is -0.121. The van der Waals surface area contributed by atoms with Crippen molar-refractivity contribution in [2.45, 2.75) is 77.8 Å². The van der Waals surface area contributed by atoms with E-state index in [0.29, 0.717) is 13.0 Å². The van der Waals surface area contributed by atoms with Crippen LogP contribution < -0.4 is 5.32 Å². The summed E-state index contributed by atoms with van der Waals surface area (Å²) in [6.07, 6.45) is 9.35. The molecule has 0 radical (unpaired) electrons. The molecule has 4 nitrogen and oxygen atoms in total. The molecule has 134 valence electrons. The normalized spacial score (nSPS) is 24.6. The van der Waals surface area contributed by atoms with Crippen LogP contribution in [0.25, 0.3) is 0 Å². The number of hydrogen-bond acceptors (Lipinski definition) is 4. The summed E-state index contributed by atoms with van der Waals surface area (Å²) < 4.78 is 0. The molecule has 2 atom stereocenters. The summed E-state index contributed by atoms with van der Waals surface area (Å²) in [6, 6.07) is 0.746. The Bertz CT molecular complexity index is 555. The van der Waals surface area contributed by atoms with Crippen LogP contribution in [0.5, 0.6) is 0 Å². The van der Waals surface area contributed by atoms with Gasteiger partial charge in [-0.2, -0.15) is 0 Å². The molecular weight excluding hydrogens is 318 g/mol. The van der Waals surface area contributed by atoms with Gasteiger partial charge in [0.25, 0.3) is 0 Å². The molecule has 1 amide bonds. The zero-order valence-electron chi connectivity index (χ0n) is 15.1. The molecule has 1 N–H and O–H groups in total. The van der Waals surface area contributed by atoms with E-state index in [-0.39, 0.29) is 5.91 Å². The first-order chi connectivity index (χ1) is 11.7. The topological polar surface area (TPSA) is 45.2 Å². The molecule has 5 heteroatoms. The van der Waals surface area contributed by atoms with Crippen molar-refractivity contribution in [1.29, 1.82) is 0 Å². The van der Waals surface area contributed by atoms with Gasteiger partial charge in [0, 0.05) is 17.3 Å². The Labute approximate surface area is 150 Å². The van der Waals surface area contributed by atoms with Crippen LogP contribution in [0, 0.1) is 12.8 Å². The Balaban J connectivity index is 1.45. The number of piperidine rings is 2. The summed E-state index contributed by atoms with van der Waals surface area (Å²) in [7, 11) is 0. The molecule has 1 aromatic heterocycles. The quantitative estimate of drug-likeness (QED) is 0.852. The number of fused-ring (bicyclic) bond motifs is 1. The van der Waals surface area contributed by atoms with Gasteiger partial charge in [-0.3, -0.25) is 4.79 Å².